The summed E-state index contributed by atoms with van der Waals surface area (Å²) in [6, 6.07) is 8.54. The first-order valence-corrected chi connectivity index (χ1v) is 7.79. The molecule has 0 heterocycles. The maximum absolute atomic E-state index is 12.1. The number of nitrogens with one attached hydrogen (secondary N) is 1. The average molecular weight is 374 g/mol. The summed E-state index contributed by atoms with van der Waals surface area (Å²) in [5.74, 6) is -0.648. The van der Waals surface area contributed by atoms with Crippen LogP contribution in [-0.4, -0.2) is 37.6 Å². The number of hydrogen-bond acceptors (Lipinski definition) is 7. The van der Waals surface area contributed by atoms with Crippen LogP contribution in [0.3, 0.4) is 0 Å². The van der Waals surface area contributed by atoms with Gasteiger partial charge in [-0.25, -0.2) is 4.79 Å². The van der Waals surface area contributed by atoms with Crippen molar-refractivity contribution in [3.8, 4) is 11.5 Å². The lowest BCUT2D eigenvalue weighted by molar-refractivity contribution is -0.384. The fourth-order valence-corrected chi connectivity index (χ4v) is 2.24. The molecule has 2 rings (SSSR count). The maximum Gasteiger partial charge on any atom is 0.338 e. The molecular formula is C18H18N2O7. The molecule has 2 aromatic carbocycles. The van der Waals surface area contributed by atoms with Gasteiger partial charge in [-0.2, -0.15) is 0 Å². The molecule has 2 aromatic rings. The molecule has 0 unspecified atom stereocenters. The van der Waals surface area contributed by atoms with Crippen molar-refractivity contribution in [1.29, 1.82) is 0 Å². The van der Waals surface area contributed by atoms with Gasteiger partial charge in [-0.15, -0.1) is 0 Å². The van der Waals surface area contributed by atoms with Gasteiger partial charge in [0.1, 0.15) is 11.5 Å². The van der Waals surface area contributed by atoms with Gasteiger partial charge >= 0.3 is 5.97 Å². The van der Waals surface area contributed by atoms with Crippen molar-refractivity contribution in [3.63, 3.8) is 0 Å². The van der Waals surface area contributed by atoms with E-state index in [0.717, 1.165) is 5.56 Å². The van der Waals surface area contributed by atoms with Crippen LogP contribution in [0.15, 0.2) is 36.4 Å². The summed E-state index contributed by atoms with van der Waals surface area (Å²) in [5.41, 5.74) is 1.15. The van der Waals surface area contributed by atoms with Crippen LogP contribution in [0.4, 0.5) is 11.4 Å². The molecule has 0 saturated heterocycles. The number of nitrogens with zero attached hydrogens (tertiary/aromatic N) is 1. The van der Waals surface area contributed by atoms with E-state index in [2.05, 4.69) is 5.32 Å². The number of amides is 1. The minimum absolute atomic E-state index is 0.118. The molecule has 0 radical (unpaired) electrons. The van der Waals surface area contributed by atoms with Gasteiger partial charge in [0, 0.05) is 6.07 Å². The molecule has 0 aliphatic carbocycles. The van der Waals surface area contributed by atoms with E-state index in [4.69, 9.17) is 14.2 Å². The third kappa shape index (κ3) is 4.94. The van der Waals surface area contributed by atoms with Crippen molar-refractivity contribution in [2.75, 3.05) is 26.1 Å². The van der Waals surface area contributed by atoms with Crippen LogP contribution in [0.5, 0.6) is 11.5 Å². The number of methoxy groups -OCH3 is 2. The second-order valence-electron chi connectivity index (χ2n) is 5.45. The Labute approximate surface area is 155 Å². The van der Waals surface area contributed by atoms with Gasteiger partial charge in [0.25, 0.3) is 11.6 Å². The van der Waals surface area contributed by atoms with Crippen LogP contribution < -0.4 is 14.8 Å². The molecule has 0 aliphatic rings. The number of rotatable bonds is 7. The first-order valence-electron chi connectivity index (χ1n) is 7.79. The Kier molecular flexibility index (Phi) is 6.32. The van der Waals surface area contributed by atoms with Crippen LogP contribution in [0, 0.1) is 17.0 Å². The summed E-state index contributed by atoms with van der Waals surface area (Å²) >= 11 is 0. The summed E-state index contributed by atoms with van der Waals surface area (Å²) in [6.07, 6.45) is 0. The summed E-state index contributed by atoms with van der Waals surface area (Å²) in [5, 5.41) is 13.3. The number of non-ortho nitro benzene ring substituents is 1. The molecular weight excluding hydrogens is 356 g/mol. The zero-order chi connectivity index (χ0) is 20.0. The molecule has 1 N–H and O–H groups in total. The van der Waals surface area contributed by atoms with Crippen LogP contribution in [0.2, 0.25) is 0 Å². The van der Waals surface area contributed by atoms with Crippen LogP contribution in [0.1, 0.15) is 15.9 Å². The van der Waals surface area contributed by atoms with Crippen LogP contribution in [0.25, 0.3) is 0 Å². The Bertz CT molecular complexity index is 880. The molecule has 142 valence electrons. The SMILES string of the molecule is COc1cc(C(=O)OCC(=O)Nc2ccc([N+](=O)[O-])cc2OC)ccc1C. The average Bonchev–Trinajstić information content (AvgIpc) is 2.66. The molecule has 27 heavy (non-hydrogen) atoms. The molecule has 0 bridgehead atoms. The van der Waals surface area contributed by atoms with Gasteiger partial charge in [-0.3, -0.25) is 14.9 Å². The highest BCUT2D eigenvalue weighted by Gasteiger charge is 2.15. The van der Waals surface area contributed by atoms with Gasteiger partial charge < -0.3 is 19.5 Å². The number of aryl methyl sites for hydroxylation is 1. The number of anilines is 1. The molecule has 0 fully saturated rings. The Morgan fingerprint density at radius 3 is 2.41 bits per heavy atom. The summed E-state index contributed by atoms with van der Waals surface area (Å²) in [6.45, 7) is 1.30. The summed E-state index contributed by atoms with van der Waals surface area (Å²) in [7, 11) is 2.81. The third-order valence-electron chi connectivity index (χ3n) is 3.65. The lowest BCUT2D eigenvalue weighted by Crippen LogP contribution is -2.21. The van der Waals surface area contributed by atoms with Crippen molar-refractivity contribution < 1.29 is 28.7 Å². The van der Waals surface area contributed by atoms with Gasteiger partial charge in [0.05, 0.1) is 36.5 Å². The van der Waals surface area contributed by atoms with E-state index in [1.54, 1.807) is 12.1 Å². The normalized spacial score (nSPS) is 10.0. The Morgan fingerprint density at radius 1 is 1.07 bits per heavy atom. The van der Waals surface area contributed by atoms with E-state index < -0.39 is 23.4 Å². The number of carbonyl (C=O) groups excluding carboxylic acids is 2. The second kappa shape index (κ2) is 8.65. The molecule has 0 aromatic heterocycles. The van der Waals surface area contributed by atoms with Crippen molar-refractivity contribution in [3.05, 3.63) is 57.6 Å². The summed E-state index contributed by atoms with van der Waals surface area (Å²) in [4.78, 5) is 34.3. The first kappa shape index (κ1) is 19.7. The topological polar surface area (TPSA) is 117 Å². The number of esters is 1. The number of ether oxygens (including phenoxy) is 3. The monoisotopic (exact) mass is 374 g/mol. The lowest BCUT2D eigenvalue weighted by atomic mass is 10.1. The minimum Gasteiger partial charge on any atom is -0.496 e. The molecule has 0 atom stereocenters. The fraction of sp³-hybridized carbons (Fsp3) is 0.222. The van der Waals surface area contributed by atoms with Gasteiger partial charge in [0.15, 0.2) is 6.61 Å². The number of nitro benzene ring substituents is 1. The van der Waals surface area contributed by atoms with Crippen molar-refractivity contribution >= 4 is 23.3 Å². The standard InChI is InChI=1S/C18H18N2O7/c1-11-4-5-12(8-15(11)25-2)18(22)27-10-17(21)19-14-7-6-13(20(23)24)9-16(14)26-3/h4-9H,10H2,1-3H3,(H,19,21). The van der Waals surface area contributed by atoms with Gasteiger partial charge in [-0.05, 0) is 30.7 Å². The van der Waals surface area contributed by atoms with Crippen molar-refractivity contribution in [1.82, 2.24) is 0 Å². The quantitative estimate of drug-likeness (QED) is 0.450. The number of hydrogen-bond donors (Lipinski definition) is 1. The Balaban J connectivity index is 2.00. The predicted molar refractivity (Wildman–Crippen MR) is 96.3 cm³/mol. The molecule has 9 heteroatoms. The second-order valence-corrected chi connectivity index (χ2v) is 5.45. The predicted octanol–water partition coefficient (Wildman–Crippen LogP) is 2.72. The molecule has 9 nitrogen and oxygen atoms in total. The smallest absolute Gasteiger partial charge is 0.338 e. The zero-order valence-corrected chi connectivity index (χ0v) is 15.0. The zero-order valence-electron chi connectivity index (χ0n) is 15.0. The van der Waals surface area contributed by atoms with Gasteiger partial charge in [0.2, 0.25) is 0 Å². The number of nitro groups is 1. The minimum atomic E-state index is -0.681. The molecule has 0 aliphatic heterocycles. The number of benzene rings is 2. The Morgan fingerprint density at radius 2 is 1.78 bits per heavy atom. The largest absolute Gasteiger partial charge is 0.496 e. The first-order chi connectivity index (χ1) is 12.8. The van der Waals surface area contributed by atoms with E-state index >= 15 is 0 Å². The van der Waals surface area contributed by atoms with Crippen molar-refractivity contribution in [2.45, 2.75) is 6.92 Å². The third-order valence-corrected chi connectivity index (χ3v) is 3.65. The fourth-order valence-electron chi connectivity index (χ4n) is 2.24. The Hall–Kier alpha value is -3.62. The van der Waals surface area contributed by atoms with E-state index in [0.29, 0.717) is 5.75 Å². The van der Waals surface area contributed by atoms with Crippen molar-refractivity contribution in [2.24, 2.45) is 0 Å². The highest BCUT2D eigenvalue weighted by atomic mass is 16.6. The van der Waals surface area contributed by atoms with E-state index in [9.17, 15) is 19.7 Å². The van der Waals surface area contributed by atoms with E-state index in [1.807, 2.05) is 6.92 Å². The van der Waals surface area contributed by atoms with Crippen LogP contribution in [-0.2, 0) is 9.53 Å². The highest BCUT2D eigenvalue weighted by Crippen LogP contribution is 2.29. The molecule has 0 saturated carbocycles. The molecule has 0 spiro atoms. The lowest BCUT2D eigenvalue weighted by Gasteiger charge is -2.11. The maximum atomic E-state index is 12.1. The molecule has 1 amide bonds. The van der Waals surface area contributed by atoms with E-state index in [-0.39, 0.29) is 22.7 Å². The van der Waals surface area contributed by atoms with E-state index in [1.165, 1.54) is 38.5 Å². The highest BCUT2D eigenvalue weighted by molar-refractivity contribution is 5.96. The number of carbonyl (C=O) groups is 2. The summed E-state index contributed by atoms with van der Waals surface area (Å²) < 4.78 is 15.2. The van der Waals surface area contributed by atoms with Crippen LogP contribution >= 0.6 is 0 Å². The van der Waals surface area contributed by atoms with Gasteiger partial charge in [-0.1, -0.05) is 6.07 Å².